The lowest BCUT2D eigenvalue weighted by Crippen LogP contribution is -2.30. The molecule has 0 heterocycles. The maximum atomic E-state index is 12.1. The van der Waals surface area contributed by atoms with Gasteiger partial charge < -0.3 is 15.7 Å². The number of benzene rings is 1. The molecule has 3 N–H and O–H groups in total. The monoisotopic (exact) mass is 340 g/mol. The van der Waals surface area contributed by atoms with Gasteiger partial charge in [0.2, 0.25) is 5.91 Å². The molecule has 1 aromatic rings. The quantitative estimate of drug-likeness (QED) is 0.711. The Labute approximate surface area is 140 Å². The fraction of sp³-hybridized carbons (Fsp3) is 0.438. The summed E-state index contributed by atoms with van der Waals surface area (Å²) in [5, 5.41) is 14.7. The van der Waals surface area contributed by atoms with E-state index in [0.29, 0.717) is 11.6 Å². The average molecular weight is 341 g/mol. The van der Waals surface area contributed by atoms with Crippen molar-refractivity contribution in [3.05, 3.63) is 28.8 Å². The van der Waals surface area contributed by atoms with Crippen LogP contribution in [0, 0.1) is 5.41 Å². The average Bonchev–Trinajstić information content (AvgIpc) is 2.44. The Balaban J connectivity index is 2.94. The lowest BCUT2D eigenvalue weighted by atomic mass is 9.89. The third-order valence-corrected chi connectivity index (χ3v) is 3.45. The van der Waals surface area contributed by atoms with E-state index >= 15 is 0 Å². The Hall–Kier alpha value is -2.08. The van der Waals surface area contributed by atoms with Crippen LogP contribution >= 0.6 is 11.6 Å². The summed E-state index contributed by atoms with van der Waals surface area (Å²) in [7, 11) is 0. The lowest BCUT2D eigenvalue weighted by Gasteiger charge is -2.19. The van der Waals surface area contributed by atoms with Crippen molar-refractivity contribution in [3.63, 3.8) is 0 Å². The van der Waals surface area contributed by atoms with E-state index in [2.05, 4.69) is 10.6 Å². The molecule has 126 valence electrons. The van der Waals surface area contributed by atoms with Crippen LogP contribution in [0.25, 0.3) is 0 Å². The van der Waals surface area contributed by atoms with E-state index in [1.807, 2.05) is 6.92 Å². The topological polar surface area (TPSA) is 95.5 Å². The largest absolute Gasteiger partial charge is 0.481 e. The number of hydrogen-bond donors (Lipinski definition) is 3. The van der Waals surface area contributed by atoms with Crippen LogP contribution in [-0.2, 0) is 9.59 Å². The summed E-state index contributed by atoms with van der Waals surface area (Å²) in [6, 6.07) is 4.54. The van der Waals surface area contributed by atoms with Gasteiger partial charge in [0.1, 0.15) is 0 Å². The summed E-state index contributed by atoms with van der Waals surface area (Å²) in [5.41, 5.74) is -0.658. The molecule has 2 amide bonds. The SMILES string of the molecule is CCCNC(=O)c1ccc(Cl)cc1NC(=O)CC(C)(C)C(=O)O. The van der Waals surface area contributed by atoms with Crippen molar-refractivity contribution >= 4 is 35.1 Å². The Kier molecular flexibility index (Phi) is 6.57. The van der Waals surface area contributed by atoms with Crippen molar-refractivity contribution in [2.24, 2.45) is 5.41 Å². The summed E-state index contributed by atoms with van der Waals surface area (Å²) in [6.45, 7) is 5.36. The maximum absolute atomic E-state index is 12.1. The molecule has 0 atom stereocenters. The van der Waals surface area contributed by atoms with Gasteiger partial charge >= 0.3 is 5.97 Å². The molecule has 0 radical (unpaired) electrons. The van der Waals surface area contributed by atoms with Gasteiger partial charge in [-0.2, -0.15) is 0 Å². The second-order valence-electron chi connectivity index (χ2n) is 5.86. The maximum Gasteiger partial charge on any atom is 0.309 e. The second kappa shape index (κ2) is 7.97. The molecule has 0 saturated carbocycles. The first-order valence-electron chi connectivity index (χ1n) is 7.28. The van der Waals surface area contributed by atoms with Gasteiger partial charge in [-0.05, 0) is 38.5 Å². The predicted octanol–water partition coefficient (Wildman–Crippen LogP) is 2.92. The van der Waals surface area contributed by atoms with Crippen molar-refractivity contribution in [2.45, 2.75) is 33.6 Å². The second-order valence-corrected chi connectivity index (χ2v) is 6.30. The first-order valence-corrected chi connectivity index (χ1v) is 7.66. The number of rotatable bonds is 7. The highest BCUT2D eigenvalue weighted by Crippen LogP contribution is 2.24. The van der Waals surface area contributed by atoms with Crippen LogP contribution in [-0.4, -0.2) is 29.4 Å². The number of amides is 2. The van der Waals surface area contributed by atoms with Gasteiger partial charge in [0, 0.05) is 18.0 Å². The Morgan fingerprint density at radius 2 is 1.91 bits per heavy atom. The number of anilines is 1. The molecule has 0 aliphatic heterocycles. The highest BCUT2D eigenvalue weighted by Gasteiger charge is 2.30. The molecular weight excluding hydrogens is 320 g/mol. The van der Waals surface area contributed by atoms with Crippen LogP contribution in [0.4, 0.5) is 5.69 Å². The zero-order valence-corrected chi connectivity index (χ0v) is 14.2. The summed E-state index contributed by atoms with van der Waals surface area (Å²) in [5.74, 6) is -1.89. The number of carbonyl (C=O) groups excluding carboxylic acids is 2. The highest BCUT2D eigenvalue weighted by molar-refractivity contribution is 6.31. The third-order valence-electron chi connectivity index (χ3n) is 3.22. The lowest BCUT2D eigenvalue weighted by molar-refractivity contribution is -0.148. The number of carboxylic acids is 1. The number of aliphatic carboxylic acids is 1. The molecule has 6 nitrogen and oxygen atoms in total. The first kappa shape index (κ1) is 19.0. The number of nitrogens with one attached hydrogen (secondary N) is 2. The van der Waals surface area contributed by atoms with E-state index in [1.165, 1.54) is 26.0 Å². The number of halogens is 1. The molecule has 0 aliphatic rings. The molecule has 0 spiro atoms. The molecule has 1 aromatic carbocycles. The molecule has 0 aliphatic carbocycles. The summed E-state index contributed by atoms with van der Waals surface area (Å²) in [4.78, 5) is 35.3. The zero-order valence-electron chi connectivity index (χ0n) is 13.4. The van der Waals surface area contributed by atoms with E-state index in [4.69, 9.17) is 16.7 Å². The van der Waals surface area contributed by atoms with Gasteiger partial charge in [-0.15, -0.1) is 0 Å². The molecular formula is C16H21ClN2O4. The van der Waals surface area contributed by atoms with Gasteiger partial charge in [0.25, 0.3) is 5.91 Å². The number of hydrogen-bond acceptors (Lipinski definition) is 3. The predicted molar refractivity (Wildman–Crippen MR) is 88.7 cm³/mol. The molecule has 0 unspecified atom stereocenters. The molecule has 1 rings (SSSR count). The van der Waals surface area contributed by atoms with Crippen LogP contribution in [0.3, 0.4) is 0 Å². The van der Waals surface area contributed by atoms with Crippen molar-refractivity contribution < 1.29 is 19.5 Å². The minimum atomic E-state index is -1.20. The van der Waals surface area contributed by atoms with Gasteiger partial charge in [-0.25, -0.2) is 0 Å². The summed E-state index contributed by atoms with van der Waals surface area (Å²) in [6.07, 6.45) is 0.568. The van der Waals surface area contributed by atoms with Crippen LogP contribution in [0.1, 0.15) is 44.0 Å². The summed E-state index contributed by atoms with van der Waals surface area (Å²) < 4.78 is 0. The molecule has 7 heteroatoms. The van der Waals surface area contributed by atoms with Gasteiger partial charge in [0.15, 0.2) is 0 Å². The van der Waals surface area contributed by atoms with E-state index in [1.54, 1.807) is 6.07 Å². The van der Waals surface area contributed by atoms with E-state index in [-0.39, 0.29) is 23.6 Å². The number of carboxylic acid groups (broad SMARTS) is 1. The van der Waals surface area contributed by atoms with Crippen LogP contribution < -0.4 is 10.6 Å². The highest BCUT2D eigenvalue weighted by atomic mass is 35.5. The molecule has 0 aromatic heterocycles. The zero-order chi connectivity index (χ0) is 17.6. The Morgan fingerprint density at radius 3 is 2.48 bits per heavy atom. The Bertz CT molecular complexity index is 614. The van der Waals surface area contributed by atoms with Gasteiger partial charge in [-0.1, -0.05) is 18.5 Å². The van der Waals surface area contributed by atoms with E-state index in [9.17, 15) is 14.4 Å². The minimum Gasteiger partial charge on any atom is -0.481 e. The summed E-state index contributed by atoms with van der Waals surface area (Å²) >= 11 is 5.92. The fourth-order valence-electron chi connectivity index (χ4n) is 1.82. The molecule has 0 saturated heterocycles. The van der Waals surface area contributed by atoms with E-state index < -0.39 is 17.3 Å². The molecule has 0 bridgehead atoms. The van der Waals surface area contributed by atoms with Crippen molar-refractivity contribution in [2.75, 3.05) is 11.9 Å². The molecule has 0 fully saturated rings. The van der Waals surface area contributed by atoms with Crippen LogP contribution in [0.15, 0.2) is 18.2 Å². The van der Waals surface area contributed by atoms with Gasteiger partial charge in [0.05, 0.1) is 16.7 Å². The van der Waals surface area contributed by atoms with Crippen molar-refractivity contribution in [1.29, 1.82) is 0 Å². The first-order chi connectivity index (χ1) is 10.7. The third kappa shape index (κ3) is 5.56. The van der Waals surface area contributed by atoms with Crippen molar-refractivity contribution in [3.8, 4) is 0 Å². The Morgan fingerprint density at radius 1 is 1.26 bits per heavy atom. The number of carbonyl (C=O) groups is 3. The van der Waals surface area contributed by atoms with E-state index in [0.717, 1.165) is 6.42 Å². The molecule has 23 heavy (non-hydrogen) atoms. The minimum absolute atomic E-state index is 0.217. The van der Waals surface area contributed by atoms with Gasteiger partial charge in [-0.3, -0.25) is 14.4 Å². The smallest absolute Gasteiger partial charge is 0.309 e. The van der Waals surface area contributed by atoms with Crippen LogP contribution in [0.5, 0.6) is 0 Å². The normalized spacial score (nSPS) is 11.0. The fourth-order valence-corrected chi connectivity index (χ4v) is 2.00. The standard InChI is InChI=1S/C16H21ClN2O4/c1-4-7-18-14(21)11-6-5-10(17)8-12(11)19-13(20)9-16(2,3)15(22)23/h5-6,8H,4,7,9H2,1-3H3,(H,18,21)(H,19,20)(H,22,23). The van der Waals surface area contributed by atoms with Crippen molar-refractivity contribution in [1.82, 2.24) is 5.32 Å². The van der Waals surface area contributed by atoms with Crippen LogP contribution in [0.2, 0.25) is 5.02 Å².